The van der Waals surface area contributed by atoms with Crippen LogP contribution in [0.25, 0.3) is 4.85 Å². The second-order valence-electron chi connectivity index (χ2n) is 8.17. The van der Waals surface area contributed by atoms with Crippen LogP contribution in [0.15, 0.2) is 48.5 Å². The van der Waals surface area contributed by atoms with Crippen LogP contribution in [-0.2, 0) is 17.7 Å². The van der Waals surface area contributed by atoms with E-state index < -0.39 is 6.09 Å². The Kier molecular flexibility index (Phi) is 6.20. The number of nitrogens with zero attached hydrogens (tertiary/aromatic N) is 2. The Morgan fingerprint density at radius 3 is 2.67 bits per heavy atom. The minimum atomic E-state index is -0.397. The molecule has 156 valence electrons. The second-order valence-corrected chi connectivity index (χ2v) is 8.17. The number of nitrogens with one attached hydrogen (secondary N) is 1. The van der Waals surface area contributed by atoms with Crippen LogP contribution in [0.5, 0.6) is 0 Å². The Hall–Kier alpha value is -3.04. The van der Waals surface area contributed by atoms with Gasteiger partial charge in [-0.2, -0.15) is 0 Å². The quantitative estimate of drug-likeness (QED) is 0.749. The van der Waals surface area contributed by atoms with Crippen LogP contribution in [-0.4, -0.2) is 36.0 Å². The molecule has 30 heavy (non-hydrogen) atoms. The molecule has 6 nitrogen and oxygen atoms in total. The predicted octanol–water partition coefficient (Wildman–Crippen LogP) is 4.20. The van der Waals surface area contributed by atoms with Crippen molar-refractivity contribution in [1.82, 2.24) is 5.32 Å². The fourth-order valence-electron chi connectivity index (χ4n) is 4.37. The number of hydrogen-bond acceptors (Lipinski definition) is 4. The maximum atomic E-state index is 12.5. The standard InChI is InChI=1S/C24H27N3O3/c1-25-19-7-12-23-18(13-19)14-20(16-27(23)15-17-5-3-2-4-6-17)26-24(29)30-22-10-8-21(28)9-11-22/h2-7,12-13,20-22,28H,8-11,14-16H2,(H,26,29). The van der Waals surface area contributed by atoms with Crippen LogP contribution in [0.1, 0.15) is 36.8 Å². The lowest BCUT2D eigenvalue weighted by molar-refractivity contribution is 0.0330. The van der Waals surface area contributed by atoms with E-state index in [1.807, 2.05) is 36.4 Å². The first-order chi connectivity index (χ1) is 14.6. The lowest BCUT2D eigenvalue weighted by atomic mass is 9.95. The molecule has 1 atom stereocenters. The van der Waals surface area contributed by atoms with Crippen molar-refractivity contribution in [3.63, 3.8) is 0 Å². The maximum Gasteiger partial charge on any atom is 0.407 e. The third kappa shape index (κ3) is 4.92. The van der Waals surface area contributed by atoms with Gasteiger partial charge in [0.2, 0.25) is 0 Å². The highest BCUT2D eigenvalue weighted by atomic mass is 16.6. The van der Waals surface area contributed by atoms with Crippen LogP contribution < -0.4 is 10.2 Å². The minimum Gasteiger partial charge on any atom is -0.446 e. The number of alkyl carbamates (subject to hydrolysis) is 1. The van der Waals surface area contributed by atoms with Gasteiger partial charge in [-0.1, -0.05) is 42.5 Å². The summed E-state index contributed by atoms with van der Waals surface area (Å²) in [6.07, 6.45) is 2.64. The van der Waals surface area contributed by atoms with Gasteiger partial charge in [-0.15, -0.1) is 0 Å². The smallest absolute Gasteiger partial charge is 0.407 e. The first kappa shape index (κ1) is 20.2. The van der Waals surface area contributed by atoms with E-state index in [0.29, 0.717) is 44.3 Å². The Morgan fingerprint density at radius 1 is 1.17 bits per heavy atom. The molecule has 1 fully saturated rings. The summed E-state index contributed by atoms with van der Waals surface area (Å²) in [5.74, 6) is 0. The number of hydrogen-bond donors (Lipinski definition) is 2. The van der Waals surface area contributed by atoms with E-state index in [9.17, 15) is 9.90 Å². The molecule has 0 radical (unpaired) electrons. The number of carbonyl (C=O) groups is 1. The third-order valence-corrected chi connectivity index (χ3v) is 5.90. The van der Waals surface area contributed by atoms with Gasteiger partial charge in [-0.3, -0.25) is 0 Å². The van der Waals surface area contributed by atoms with Crippen LogP contribution in [0.2, 0.25) is 0 Å². The Bertz CT molecular complexity index is 917. The highest BCUT2D eigenvalue weighted by Crippen LogP contribution is 2.32. The Labute approximate surface area is 177 Å². The average Bonchev–Trinajstić information content (AvgIpc) is 2.75. The lowest BCUT2D eigenvalue weighted by Gasteiger charge is -2.37. The van der Waals surface area contributed by atoms with Gasteiger partial charge in [-0.25, -0.2) is 9.64 Å². The van der Waals surface area contributed by atoms with Crippen molar-refractivity contribution < 1.29 is 14.6 Å². The molecule has 4 rings (SSSR count). The van der Waals surface area contributed by atoms with Gasteiger partial charge in [0.1, 0.15) is 6.10 Å². The zero-order chi connectivity index (χ0) is 20.9. The third-order valence-electron chi connectivity index (χ3n) is 5.90. The molecule has 1 aliphatic heterocycles. The highest BCUT2D eigenvalue weighted by Gasteiger charge is 2.28. The first-order valence-corrected chi connectivity index (χ1v) is 10.5. The van der Waals surface area contributed by atoms with Crippen LogP contribution >= 0.6 is 0 Å². The molecule has 1 aliphatic carbocycles. The van der Waals surface area contributed by atoms with Crippen LogP contribution in [0.4, 0.5) is 16.2 Å². The topological polar surface area (TPSA) is 66.2 Å². The second kappa shape index (κ2) is 9.19. The summed E-state index contributed by atoms with van der Waals surface area (Å²) in [7, 11) is 0. The zero-order valence-electron chi connectivity index (χ0n) is 17.0. The van der Waals surface area contributed by atoms with Crippen LogP contribution in [0.3, 0.4) is 0 Å². The number of carbonyl (C=O) groups excluding carboxylic acids is 1. The summed E-state index contributed by atoms with van der Waals surface area (Å²) in [5, 5.41) is 12.7. The molecule has 2 aromatic rings. The van der Waals surface area contributed by atoms with Crippen molar-refractivity contribution in [2.75, 3.05) is 11.4 Å². The monoisotopic (exact) mass is 405 g/mol. The fraction of sp³-hybridized carbons (Fsp3) is 0.417. The molecule has 0 bridgehead atoms. The van der Waals surface area contributed by atoms with Crippen molar-refractivity contribution in [1.29, 1.82) is 0 Å². The van der Waals surface area contributed by atoms with Gasteiger partial charge in [0, 0.05) is 18.8 Å². The maximum absolute atomic E-state index is 12.5. The SMILES string of the molecule is [C-]#[N+]c1ccc2c(c1)CC(NC(=O)OC1CCC(O)CC1)CN2Cc1ccccc1. The van der Waals surface area contributed by atoms with E-state index >= 15 is 0 Å². The van der Waals surface area contributed by atoms with E-state index in [-0.39, 0.29) is 18.2 Å². The van der Waals surface area contributed by atoms with Gasteiger partial charge in [0.25, 0.3) is 0 Å². The summed E-state index contributed by atoms with van der Waals surface area (Å²) in [6.45, 7) is 8.73. The normalized spacial score (nSPS) is 23.2. The zero-order valence-corrected chi connectivity index (χ0v) is 17.0. The highest BCUT2D eigenvalue weighted by molar-refractivity contribution is 5.69. The summed E-state index contributed by atoms with van der Waals surface area (Å²) in [6, 6.07) is 15.9. The molecule has 0 saturated heterocycles. The number of ether oxygens (including phenoxy) is 1. The van der Waals surface area contributed by atoms with Gasteiger partial charge in [0.15, 0.2) is 5.69 Å². The van der Waals surface area contributed by atoms with Crippen LogP contribution in [0, 0.1) is 6.57 Å². The van der Waals surface area contributed by atoms with Crippen molar-refractivity contribution in [3.05, 3.63) is 71.1 Å². The van der Waals surface area contributed by atoms with E-state index in [1.54, 1.807) is 0 Å². The fourth-order valence-corrected chi connectivity index (χ4v) is 4.37. The molecule has 6 heteroatoms. The predicted molar refractivity (Wildman–Crippen MR) is 116 cm³/mol. The molecule has 1 amide bonds. The van der Waals surface area contributed by atoms with Gasteiger partial charge in [0.05, 0.1) is 18.7 Å². The molecule has 2 aromatic carbocycles. The Morgan fingerprint density at radius 2 is 1.93 bits per heavy atom. The number of benzene rings is 2. The number of aliphatic hydroxyl groups excluding tert-OH is 1. The van der Waals surface area contributed by atoms with Crippen molar-refractivity contribution in [3.8, 4) is 0 Å². The van der Waals surface area contributed by atoms with Crippen molar-refractivity contribution in [2.24, 2.45) is 0 Å². The summed E-state index contributed by atoms with van der Waals surface area (Å²) in [4.78, 5) is 18.3. The van der Waals surface area contributed by atoms with Gasteiger partial charge >= 0.3 is 6.09 Å². The van der Waals surface area contributed by atoms with E-state index in [1.165, 1.54) is 5.56 Å². The van der Waals surface area contributed by atoms with E-state index in [4.69, 9.17) is 11.3 Å². The molecule has 0 spiro atoms. The Balaban J connectivity index is 1.46. The average molecular weight is 405 g/mol. The lowest BCUT2D eigenvalue weighted by Crippen LogP contribution is -2.49. The van der Waals surface area contributed by atoms with Crippen molar-refractivity contribution in [2.45, 2.75) is 56.9 Å². The first-order valence-electron chi connectivity index (χ1n) is 10.5. The van der Waals surface area contributed by atoms with E-state index in [2.05, 4.69) is 27.2 Å². The molecule has 1 heterocycles. The number of rotatable bonds is 4. The molecule has 1 saturated carbocycles. The molecule has 1 unspecified atom stereocenters. The van der Waals surface area contributed by atoms with Gasteiger partial charge in [-0.05, 0) is 49.3 Å². The number of amides is 1. The summed E-state index contributed by atoms with van der Waals surface area (Å²) in [5.41, 5.74) is 3.98. The van der Waals surface area contributed by atoms with Gasteiger partial charge < -0.3 is 20.1 Å². The molecular formula is C24H27N3O3. The largest absolute Gasteiger partial charge is 0.446 e. The van der Waals surface area contributed by atoms with E-state index in [0.717, 1.165) is 17.8 Å². The molecule has 2 N–H and O–H groups in total. The molecular weight excluding hydrogens is 378 g/mol. The number of anilines is 1. The minimum absolute atomic E-state index is 0.0936. The summed E-state index contributed by atoms with van der Waals surface area (Å²) >= 11 is 0. The summed E-state index contributed by atoms with van der Waals surface area (Å²) < 4.78 is 5.60. The number of aliphatic hydroxyl groups is 1. The molecule has 2 aliphatic rings. The van der Waals surface area contributed by atoms with Crippen molar-refractivity contribution >= 4 is 17.5 Å². The number of fused-ring (bicyclic) bond motifs is 1. The molecule has 0 aromatic heterocycles.